The summed E-state index contributed by atoms with van der Waals surface area (Å²) < 4.78 is 31.3. The summed E-state index contributed by atoms with van der Waals surface area (Å²) in [4.78, 5) is 13.1. The van der Waals surface area contributed by atoms with Gasteiger partial charge in [-0.15, -0.1) is 0 Å². The van der Waals surface area contributed by atoms with Gasteiger partial charge in [-0.05, 0) is 12.5 Å². The van der Waals surface area contributed by atoms with Crippen molar-refractivity contribution in [2.24, 2.45) is 0 Å². The lowest BCUT2D eigenvalue weighted by Gasteiger charge is -2.16. The Morgan fingerprint density at radius 3 is 2.79 bits per heavy atom. The van der Waals surface area contributed by atoms with E-state index < -0.39 is 21.6 Å². The maximum Gasteiger partial charge on any atom is 0.266 e. The number of H-pyrrole nitrogens is 1. The van der Waals surface area contributed by atoms with Crippen LogP contribution in [0.15, 0.2) is 22.0 Å². The van der Waals surface area contributed by atoms with Gasteiger partial charge in [-0.1, -0.05) is 11.6 Å². The molecule has 0 bridgehead atoms. The second kappa shape index (κ2) is 7.01. The third-order valence-electron chi connectivity index (χ3n) is 2.31. The molecule has 0 aliphatic carbocycles. The quantitative estimate of drug-likeness (QED) is 0.641. The summed E-state index contributed by atoms with van der Waals surface area (Å²) >= 11 is 5.58. The van der Waals surface area contributed by atoms with Gasteiger partial charge in [0.1, 0.15) is 5.02 Å². The summed E-state index contributed by atoms with van der Waals surface area (Å²) in [6.07, 6.45) is 1.27. The molecule has 9 heteroatoms. The SMILES string of the molecule is COCC(CCO)NS(=O)(=O)c1c[nH]c(=O)c(Cl)c1. The van der Waals surface area contributed by atoms with E-state index in [4.69, 9.17) is 21.4 Å². The Labute approximate surface area is 115 Å². The number of sulfonamides is 1. The minimum Gasteiger partial charge on any atom is -0.396 e. The number of hydrogen-bond donors (Lipinski definition) is 3. The van der Waals surface area contributed by atoms with Gasteiger partial charge in [-0.3, -0.25) is 4.79 Å². The Morgan fingerprint density at radius 1 is 1.58 bits per heavy atom. The lowest BCUT2D eigenvalue weighted by atomic mass is 10.2. The number of nitrogens with one attached hydrogen (secondary N) is 2. The molecule has 108 valence electrons. The molecule has 1 aromatic rings. The lowest BCUT2D eigenvalue weighted by Crippen LogP contribution is -2.38. The number of rotatable bonds is 7. The molecule has 1 unspecified atom stereocenters. The van der Waals surface area contributed by atoms with Crippen LogP contribution < -0.4 is 10.3 Å². The number of methoxy groups -OCH3 is 1. The van der Waals surface area contributed by atoms with E-state index in [1.807, 2.05) is 0 Å². The van der Waals surface area contributed by atoms with Crippen LogP contribution in [0.2, 0.25) is 5.02 Å². The largest absolute Gasteiger partial charge is 0.396 e. The third kappa shape index (κ3) is 4.59. The molecule has 1 rings (SSSR count). The Kier molecular flexibility index (Phi) is 5.95. The average molecular weight is 311 g/mol. The van der Waals surface area contributed by atoms with E-state index in [0.29, 0.717) is 0 Å². The van der Waals surface area contributed by atoms with Gasteiger partial charge in [-0.25, -0.2) is 13.1 Å². The van der Waals surface area contributed by atoms with Crippen LogP contribution in [0.5, 0.6) is 0 Å². The second-order valence-electron chi connectivity index (χ2n) is 3.80. The van der Waals surface area contributed by atoms with Crippen molar-refractivity contribution in [3.8, 4) is 0 Å². The Bertz CT molecular complexity index is 566. The van der Waals surface area contributed by atoms with E-state index in [-0.39, 0.29) is 29.6 Å². The molecule has 1 heterocycles. The highest BCUT2D eigenvalue weighted by molar-refractivity contribution is 7.89. The number of halogens is 1. The number of aliphatic hydroxyl groups is 1. The first-order valence-corrected chi connectivity index (χ1v) is 7.27. The summed E-state index contributed by atoms with van der Waals surface area (Å²) in [6.45, 7) is -0.0558. The van der Waals surface area contributed by atoms with E-state index in [9.17, 15) is 13.2 Å². The van der Waals surface area contributed by atoms with Crippen molar-refractivity contribution < 1.29 is 18.3 Å². The lowest BCUT2D eigenvalue weighted by molar-refractivity contribution is 0.158. The molecular weight excluding hydrogens is 296 g/mol. The first kappa shape index (κ1) is 16.1. The van der Waals surface area contributed by atoms with Crippen LogP contribution in [0.25, 0.3) is 0 Å². The van der Waals surface area contributed by atoms with Gasteiger partial charge in [0, 0.05) is 26.0 Å². The summed E-state index contributed by atoms with van der Waals surface area (Å²) in [5.74, 6) is 0. The first-order valence-electron chi connectivity index (χ1n) is 5.41. The molecule has 0 saturated carbocycles. The van der Waals surface area contributed by atoms with Crippen LogP contribution in [0.1, 0.15) is 6.42 Å². The zero-order valence-corrected chi connectivity index (χ0v) is 11.8. The minimum absolute atomic E-state index is 0.122. The van der Waals surface area contributed by atoms with Gasteiger partial charge in [0.15, 0.2) is 0 Å². The molecular formula is C10H15ClN2O5S. The molecule has 3 N–H and O–H groups in total. The van der Waals surface area contributed by atoms with Gasteiger partial charge in [0.05, 0.1) is 11.5 Å². The molecule has 1 atom stereocenters. The fraction of sp³-hybridized carbons (Fsp3) is 0.500. The highest BCUT2D eigenvalue weighted by Crippen LogP contribution is 2.11. The molecule has 1 aromatic heterocycles. The summed E-state index contributed by atoms with van der Waals surface area (Å²) in [5.41, 5.74) is -0.565. The second-order valence-corrected chi connectivity index (χ2v) is 5.92. The monoisotopic (exact) mass is 310 g/mol. The fourth-order valence-electron chi connectivity index (χ4n) is 1.41. The summed E-state index contributed by atoms with van der Waals surface area (Å²) in [5, 5.41) is 8.64. The van der Waals surface area contributed by atoms with E-state index >= 15 is 0 Å². The van der Waals surface area contributed by atoms with Crippen LogP contribution >= 0.6 is 11.6 Å². The zero-order valence-electron chi connectivity index (χ0n) is 10.2. The van der Waals surface area contributed by atoms with Gasteiger partial charge in [-0.2, -0.15) is 0 Å². The maximum absolute atomic E-state index is 12.0. The Hall–Kier alpha value is -0.930. The van der Waals surface area contributed by atoms with Crippen LogP contribution in [0, 0.1) is 0 Å². The number of aromatic amines is 1. The zero-order chi connectivity index (χ0) is 14.5. The van der Waals surface area contributed by atoms with Crippen LogP contribution in [-0.4, -0.2) is 44.9 Å². The summed E-state index contributed by atoms with van der Waals surface area (Å²) in [6, 6.07) is 0.497. The van der Waals surface area contributed by atoms with E-state index in [0.717, 1.165) is 12.3 Å². The van der Waals surface area contributed by atoms with Crippen LogP contribution in [0.3, 0.4) is 0 Å². The molecule has 0 aliphatic rings. The predicted molar refractivity (Wildman–Crippen MR) is 69.8 cm³/mol. The van der Waals surface area contributed by atoms with Gasteiger partial charge >= 0.3 is 0 Å². The van der Waals surface area contributed by atoms with Crippen LogP contribution in [-0.2, 0) is 14.8 Å². The van der Waals surface area contributed by atoms with Gasteiger partial charge < -0.3 is 14.8 Å². The van der Waals surface area contributed by atoms with Crippen molar-refractivity contribution in [1.82, 2.24) is 9.71 Å². The smallest absolute Gasteiger partial charge is 0.266 e. The van der Waals surface area contributed by atoms with E-state index in [1.54, 1.807) is 0 Å². The van der Waals surface area contributed by atoms with Crippen molar-refractivity contribution in [3.63, 3.8) is 0 Å². The molecule has 19 heavy (non-hydrogen) atoms. The molecule has 7 nitrogen and oxygen atoms in total. The topological polar surface area (TPSA) is 108 Å². The number of aromatic nitrogens is 1. The van der Waals surface area contributed by atoms with Crippen LogP contribution in [0.4, 0.5) is 0 Å². The first-order chi connectivity index (χ1) is 8.90. The highest BCUT2D eigenvalue weighted by atomic mass is 35.5. The fourth-order valence-corrected chi connectivity index (χ4v) is 2.90. The number of aliphatic hydroxyl groups excluding tert-OH is 1. The molecule has 0 spiro atoms. The highest BCUT2D eigenvalue weighted by Gasteiger charge is 2.20. The molecule has 0 saturated heterocycles. The number of pyridine rings is 1. The molecule has 0 amide bonds. The van der Waals surface area contributed by atoms with Crippen molar-refractivity contribution in [3.05, 3.63) is 27.6 Å². The molecule has 0 radical (unpaired) electrons. The van der Waals surface area contributed by atoms with Crippen molar-refractivity contribution in [2.45, 2.75) is 17.4 Å². The normalized spacial score (nSPS) is 13.4. The van der Waals surface area contributed by atoms with Crippen molar-refractivity contribution in [1.29, 1.82) is 0 Å². The predicted octanol–water partition coefficient (Wildman–Crippen LogP) is -0.296. The Morgan fingerprint density at radius 2 is 2.26 bits per heavy atom. The van der Waals surface area contributed by atoms with Gasteiger partial charge in [0.2, 0.25) is 10.0 Å². The van der Waals surface area contributed by atoms with Gasteiger partial charge in [0.25, 0.3) is 5.56 Å². The van der Waals surface area contributed by atoms with Crippen molar-refractivity contribution >= 4 is 21.6 Å². The number of ether oxygens (including phenoxy) is 1. The Balaban J connectivity index is 2.95. The average Bonchev–Trinajstić information content (AvgIpc) is 2.32. The number of hydrogen-bond acceptors (Lipinski definition) is 5. The van der Waals surface area contributed by atoms with E-state index in [1.165, 1.54) is 7.11 Å². The van der Waals surface area contributed by atoms with Crippen molar-refractivity contribution in [2.75, 3.05) is 20.3 Å². The minimum atomic E-state index is -3.84. The molecule has 0 aliphatic heterocycles. The third-order valence-corrected chi connectivity index (χ3v) is 4.09. The molecule has 0 fully saturated rings. The summed E-state index contributed by atoms with van der Waals surface area (Å²) in [7, 11) is -2.41. The standard InChI is InChI=1S/C10H15ClN2O5S/c1-18-6-7(2-3-14)13-19(16,17)8-4-9(11)10(15)12-5-8/h4-5,7,13-14H,2-3,6H2,1H3,(H,12,15). The molecule has 0 aromatic carbocycles. The van der Waals surface area contributed by atoms with E-state index in [2.05, 4.69) is 9.71 Å². The maximum atomic E-state index is 12.0.